The maximum absolute atomic E-state index is 12.0. The average molecular weight is 244 g/mol. The summed E-state index contributed by atoms with van der Waals surface area (Å²) >= 11 is 0. The molecule has 0 aliphatic carbocycles. The molecule has 4 heteroatoms. The lowest BCUT2D eigenvalue weighted by Crippen LogP contribution is -2.52. The second-order valence-electron chi connectivity index (χ2n) is 4.57. The molecule has 0 aromatic heterocycles. The Bertz CT molecular complexity index is 207. The molecule has 1 unspecified atom stereocenters. The zero-order valence-electron chi connectivity index (χ0n) is 11.7. The van der Waals surface area contributed by atoms with Crippen LogP contribution in [0.1, 0.15) is 52.9 Å². The molecule has 0 saturated carbocycles. The predicted octanol–water partition coefficient (Wildman–Crippen LogP) is 1.83. The first kappa shape index (κ1) is 16.4. The number of carbonyl (C=O) groups is 1. The smallest absolute Gasteiger partial charge is 0.237 e. The van der Waals surface area contributed by atoms with Crippen molar-refractivity contribution >= 4 is 5.91 Å². The van der Waals surface area contributed by atoms with Crippen LogP contribution in [0.3, 0.4) is 0 Å². The van der Waals surface area contributed by atoms with Crippen LogP contribution in [0.5, 0.6) is 0 Å². The molecule has 0 spiro atoms. The van der Waals surface area contributed by atoms with Crippen LogP contribution < -0.4 is 11.1 Å². The van der Waals surface area contributed by atoms with Crippen molar-refractivity contribution in [3.05, 3.63) is 0 Å². The lowest BCUT2D eigenvalue weighted by molar-refractivity contribution is -0.124. The largest absolute Gasteiger partial charge is 0.385 e. The summed E-state index contributed by atoms with van der Waals surface area (Å²) in [6.07, 6.45) is 4.32. The lowest BCUT2D eigenvalue weighted by atomic mass is 9.89. The number of carbonyl (C=O) groups excluding carboxylic acids is 1. The van der Waals surface area contributed by atoms with Gasteiger partial charge in [-0.25, -0.2) is 0 Å². The molecule has 0 bridgehead atoms. The maximum Gasteiger partial charge on any atom is 0.237 e. The van der Waals surface area contributed by atoms with Crippen LogP contribution in [0.4, 0.5) is 0 Å². The normalized spacial score (nSPS) is 13.5. The van der Waals surface area contributed by atoms with E-state index in [2.05, 4.69) is 26.1 Å². The highest BCUT2D eigenvalue weighted by Gasteiger charge is 2.27. The first-order valence-electron chi connectivity index (χ1n) is 6.61. The fourth-order valence-electron chi connectivity index (χ4n) is 1.95. The Morgan fingerprint density at radius 1 is 1.29 bits per heavy atom. The molecule has 0 aliphatic rings. The van der Waals surface area contributed by atoms with Gasteiger partial charge in [-0.05, 0) is 32.1 Å². The second-order valence-corrected chi connectivity index (χ2v) is 4.57. The number of rotatable bonds is 9. The SMILES string of the molecule is CCC(CC)(CC)NC(=O)C(N)CCCOC. The number of amides is 1. The third kappa shape index (κ3) is 5.50. The van der Waals surface area contributed by atoms with E-state index in [4.69, 9.17) is 10.5 Å². The van der Waals surface area contributed by atoms with Gasteiger partial charge in [-0.1, -0.05) is 20.8 Å². The molecule has 1 amide bonds. The quantitative estimate of drug-likeness (QED) is 0.608. The van der Waals surface area contributed by atoms with E-state index in [0.717, 1.165) is 25.7 Å². The Kier molecular flexibility index (Phi) is 8.17. The van der Waals surface area contributed by atoms with Crippen LogP contribution in [0.15, 0.2) is 0 Å². The Morgan fingerprint density at radius 3 is 2.24 bits per heavy atom. The summed E-state index contributed by atoms with van der Waals surface area (Å²) in [6, 6.07) is -0.422. The standard InChI is InChI=1S/C13H28N2O2/c1-5-13(6-2,7-3)15-12(16)11(14)9-8-10-17-4/h11H,5-10,14H2,1-4H3,(H,15,16). The van der Waals surface area contributed by atoms with Crippen LogP contribution in [0, 0.1) is 0 Å². The first-order valence-corrected chi connectivity index (χ1v) is 6.61. The molecule has 0 heterocycles. The molecule has 3 N–H and O–H groups in total. The van der Waals surface area contributed by atoms with Gasteiger partial charge in [0.25, 0.3) is 0 Å². The minimum atomic E-state index is -0.422. The number of hydrogen-bond acceptors (Lipinski definition) is 3. The predicted molar refractivity (Wildman–Crippen MR) is 70.8 cm³/mol. The van der Waals surface area contributed by atoms with Gasteiger partial charge >= 0.3 is 0 Å². The third-order valence-electron chi connectivity index (χ3n) is 3.62. The van der Waals surface area contributed by atoms with Gasteiger partial charge in [-0.3, -0.25) is 4.79 Å². The average Bonchev–Trinajstić information content (AvgIpc) is 2.36. The number of ether oxygens (including phenoxy) is 1. The molecule has 4 nitrogen and oxygen atoms in total. The zero-order valence-corrected chi connectivity index (χ0v) is 11.7. The molecule has 0 aromatic rings. The van der Waals surface area contributed by atoms with Gasteiger partial charge in [0.15, 0.2) is 0 Å². The fourth-order valence-corrected chi connectivity index (χ4v) is 1.95. The molecule has 1 atom stereocenters. The number of nitrogens with two attached hydrogens (primary N) is 1. The molecule has 0 rings (SSSR count). The zero-order chi connectivity index (χ0) is 13.3. The maximum atomic E-state index is 12.0. The van der Waals surface area contributed by atoms with Crippen LogP contribution in [-0.2, 0) is 9.53 Å². The molecule has 0 saturated heterocycles. The molecule has 17 heavy (non-hydrogen) atoms. The van der Waals surface area contributed by atoms with E-state index in [-0.39, 0.29) is 11.4 Å². The number of nitrogens with one attached hydrogen (secondary N) is 1. The Balaban J connectivity index is 4.21. The first-order chi connectivity index (χ1) is 8.05. The summed E-state index contributed by atoms with van der Waals surface area (Å²) in [7, 11) is 1.65. The van der Waals surface area contributed by atoms with E-state index in [1.807, 2.05) is 0 Å². The van der Waals surface area contributed by atoms with Gasteiger partial charge < -0.3 is 15.8 Å². The van der Waals surface area contributed by atoms with Crippen molar-refractivity contribution in [1.29, 1.82) is 0 Å². The third-order valence-corrected chi connectivity index (χ3v) is 3.62. The van der Waals surface area contributed by atoms with Gasteiger partial charge in [-0.2, -0.15) is 0 Å². The van der Waals surface area contributed by atoms with E-state index in [9.17, 15) is 4.79 Å². The van der Waals surface area contributed by atoms with Gasteiger partial charge in [-0.15, -0.1) is 0 Å². The summed E-state index contributed by atoms with van der Waals surface area (Å²) in [5, 5.41) is 3.10. The van der Waals surface area contributed by atoms with Crippen molar-refractivity contribution in [3.8, 4) is 0 Å². The van der Waals surface area contributed by atoms with Gasteiger partial charge in [0, 0.05) is 19.3 Å². The molecule has 0 aliphatic heterocycles. The summed E-state index contributed by atoms with van der Waals surface area (Å²) in [5.41, 5.74) is 5.77. The molecule has 0 fully saturated rings. The minimum absolute atomic E-state index is 0.0355. The molecule has 102 valence electrons. The van der Waals surface area contributed by atoms with Gasteiger partial charge in [0.05, 0.1) is 6.04 Å². The molecular weight excluding hydrogens is 216 g/mol. The van der Waals surface area contributed by atoms with E-state index in [0.29, 0.717) is 13.0 Å². The van der Waals surface area contributed by atoms with Gasteiger partial charge in [0.1, 0.15) is 0 Å². The monoisotopic (exact) mass is 244 g/mol. The van der Waals surface area contributed by atoms with E-state index in [1.54, 1.807) is 7.11 Å². The Labute approximate surface area is 105 Å². The topological polar surface area (TPSA) is 64.4 Å². The second kappa shape index (κ2) is 8.48. The van der Waals surface area contributed by atoms with Crippen molar-refractivity contribution in [2.45, 2.75) is 64.5 Å². The highest BCUT2D eigenvalue weighted by molar-refractivity contribution is 5.82. The Hall–Kier alpha value is -0.610. The molecular formula is C13H28N2O2. The van der Waals surface area contributed by atoms with Crippen LogP contribution in [0.2, 0.25) is 0 Å². The van der Waals surface area contributed by atoms with Crippen molar-refractivity contribution in [2.75, 3.05) is 13.7 Å². The van der Waals surface area contributed by atoms with Crippen molar-refractivity contribution in [3.63, 3.8) is 0 Å². The van der Waals surface area contributed by atoms with Crippen molar-refractivity contribution in [2.24, 2.45) is 5.73 Å². The fraction of sp³-hybridized carbons (Fsp3) is 0.923. The minimum Gasteiger partial charge on any atom is -0.385 e. The Morgan fingerprint density at radius 2 is 1.82 bits per heavy atom. The summed E-state index contributed by atoms with van der Waals surface area (Å²) in [6.45, 7) is 6.96. The van der Waals surface area contributed by atoms with Crippen LogP contribution in [0.25, 0.3) is 0 Å². The van der Waals surface area contributed by atoms with E-state index < -0.39 is 6.04 Å². The highest BCUT2D eigenvalue weighted by Crippen LogP contribution is 2.19. The summed E-state index contributed by atoms with van der Waals surface area (Å²) in [4.78, 5) is 12.0. The highest BCUT2D eigenvalue weighted by atomic mass is 16.5. The van der Waals surface area contributed by atoms with Crippen molar-refractivity contribution in [1.82, 2.24) is 5.32 Å². The number of methoxy groups -OCH3 is 1. The van der Waals surface area contributed by atoms with E-state index in [1.165, 1.54) is 0 Å². The number of hydrogen-bond donors (Lipinski definition) is 2. The van der Waals surface area contributed by atoms with Crippen LogP contribution in [-0.4, -0.2) is 31.2 Å². The van der Waals surface area contributed by atoms with Crippen molar-refractivity contribution < 1.29 is 9.53 Å². The molecule has 0 aromatic carbocycles. The molecule has 0 radical (unpaired) electrons. The summed E-state index contributed by atoms with van der Waals surface area (Å²) < 4.78 is 4.95. The van der Waals surface area contributed by atoms with Gasteiger partial charge in [0.2, 0.25) is 5.91 Å². The summed E-state index contributed by atoms with van der Waals surface area (Å²) in [5.74, 6) is -0.0355. The lowest BCUT2D eigenvalue weighted by Gasteiger charge is -2.33. The van der Waals surface area contributed by atoms with Crippen LogP contribution >= 0.6 is 0 Å². The van der Waals surface area contributed by atoms with E-state index >= 15 is 0 Å².